The number of aliphatic hydroxyl groups excluding tert-OH is 1. The predicted octanol–water partition coefficient (Wildman–Crippen LogP) is 1.49. The minimum absolute atomic E-state index is 0.0254. The molecule has 0 bridgehead atoms. The normalized spacial score (nSPS) is 24.1. The molecule has 2 rings (SSSR count). The van der Waals surface area contributed by atoms with Gasteiger partial charge in [0.2, 0.25) is 5.91 Å². The molecule has 0 saturated carbocycles. The van der Waals surface area contributed by atoms with Gasteiger partial charge in [-0.15, -0.1) is 11.6 Å². The van der Waals surface area contributed by atoms with Crippen LogP contribution in [0.15, 0.2) is 30.3 Å². The first-order valence-corrected chi connectivity index (χ1v) is 7.25. The SMILES string of the molecule is CN(C)CC1CC(O)CN1C(=O)C(Cl)c1ccccc1. The van der Waals surface area contributed by atoms with E-state index in [0.717, 1.165) is 12.1 Å². The fraction of sp³-hybridized carbons (Fsp3) is 0.533. The Bertz CT molecular complexity index is 452. The van der Waals surface area contributed by atoms with Crippen molar-refractivity contribution >= 4 is 17.5 Å². The second-order valence-electron chi connectivity index (χ2n) is 5.57. The van der Waals surface area contributed by atoms with Crippen molar-refractivity contribution in [3.63, 3.8) is 0 Å². The lowest BCUT2D eigenvalue weighted by molar-refractivity contribution is -0.132. The van der Waals surface area contributed by atoms with Crippen molar-refractivity contribution in [1.82, 2.24) is 9.80 Å². The van der Waals surface area contributed by atoms with E-state index < -0.39 is 11.5 Å². The molecule has 1 amide bonds. The zero-order chi connectivity index (χ0) is 14.7. The third kappa shape index (κ3) is 3.51. The number of carbonyl (C=O) groups is 1. The first kappa shape index (κ1) is 15.3. The smallest absolute Gasteiger partial charge is 0.245 e. The number of halogens is 1. The molecular formula is C15H21ClN2O2. The van der Waals surface area contributed by atoms with Gasteiger partial charge >= 0.3 is 0 Å². The maximum Gasteiger partial charge on any atom is 0.245 e. The van der Waals surface area contributed by atoms with Crippen molar-refractivity contribution in [2.24, 2.45) is 0 Å². The first-order chi connectivity index (χ1) is 9.49. The average Bonchev–Trinajstić information content (AvgIpc) is 2.78. The summed E-state index contributed by atoms with van der Waals surface area (Å²) in [5.74, 6) is -0.124. The third-order valence-corrected chi connectivity index (χ3v) is 4.00. The molecule has 110 valence electrons. The number of hydrogen-bond acceptors (Lipinski definition) is 3. The zero-order valence-corrected chi connectivity index (χ0v) is 12.6. The molecule has 1 aliphatic heterocycles. The summed E-state index contributed by atoms with van der Waals surface area (Å²) < 4.78 is 0. The highest BCUT2D eigenvalue weighted by Gasteiger charge is 2.37. The molecule has 3 unspecified atom stereocenters. The maximum atomic E-state index is 12.5. The molecule has 1 aliphatic rings. The average molecular weight is 297 g/mol. The summed E-state index contributed by atoms with van der Waals surface area (Å²) in [4.78, 5) is 16.3. The minimum Gasteiger partial charge on any atom is -0.391 e. The summed E-state index contributed by atoms with van der Waals surface area (Å²) in [5.41, 5.74) is 0.796. The number of benzene rings is 1. The lowest BCUT2D eigenvalue weighted by Crippen LogP contribution is -2.42. The van der Waals surface area contributed by atoms with Crippen molar-refractivity contribution in [1.29, 1.82) is 0 Å². The van der Waals surface area contributed by atoms with Crippen LogP contribution < -0.4 is 0 Å². The quantitative estimate of drug-likeness (QED) is 0.856. The van der Waals surface area contributed by atoms with E-state index >= 15 is 0 Å². The van der Waals surface area contributed by atoms with E-state index in [4.69, 9.17) is 11.6 Å². The van der Waals surface area contributed by atoms with Crippen LogP contribution in [-0.2, 0) is 4.79 Å². The summed E-state index contributed by atoms with van der Waals surface area (Å²) in [6.45, 7) is 1.11. The van der Waals surface area contributed by atoms with Crippen LogP contribution in [0.4, 0.5) is 0 Å². The van der Waals surface area contributed by atoms with Gasteiger partial charge < -0.3 is 14.9 Å². The van der Waals surface area contributed by atoms with E-state index in [1.165, 1.54) is 0 Å². The Labute approximate surface area is 124 Å². The van der Waals surface area contributed by atoms with E-state index in [0.29, 0.717) is 13.0 Å². The molecule has 1 heterocycles. The number of carbonyl (C=O) groups excluding carboxylic acids is 1. The van der Waals surface area contributed by atoms with Gasteiger partial charge in [-0.3, -0.25) is 4.79 Å². The number of alkyl halides is 1. The monoisotopic (exact) mass is 296 g/mol. The van der Waals surface area contributed by atoms with Gasteiger partial charge in [-0.05, 0) is 26.1 Å². The molecule has 0 aromatic heterocycles. The van der Waals surface area contributed by atoms with Crippen LogP contribution in [0.1, 0.15) is 17.4 Å². The molecule has 1 aromatic carbocycles. The van der Waals surface area contributed by atoms with Gasteiger partial charge in [0, 0.05) is 19.1 Å². The number of aliphatic hydroxyl groups is 1. The summed E-state index contributed by atoms with van der Waals surface area (Å²) in [5, 5.41) is 9.14. The van der Waals surface area contributed by atoms with Crippen molar-refractivity contribution < 1.29 is 9.90 Å². The first-order valence-electron chi connectivity index (χ1n) is 6.81. The van der Waals surface area contributed by atoms with Gasteiger partial charge in [0.15, 0.2) is 0 Å². The summed E-state index contributed by atoms with van der Waals surface area (Å²) >= 11 is 6.30. The van der Waals surface area contributed by atoms with E-state index in [2.05, 4.69) is 0 Å². The van der Waals surface area contributed by atoms with Crippen LogP contribution in [0.3, 0.4) is 0 Å². The Morgan fingerprint density at radius 3 is 2.70 bits per heavy atom. The van der Waals surface area contributed by atoms with E-state index in [-0.39, 0.29) is 11.9 Å². The number of β-amino-alcohol motifs (C(OH)–C–C–N with tert-alkyl or cyclic N) is 1. The van der Waals surface area contributed by atoms with E-state index in [1.54, 1.807) is 4.90 Å². The van der Waals surface area contributed by atoms with Crippen molar-refractivity contribution in [3.8, 4) is 0 Å². The highest BCUT2D eigenvalue weighted by molar-refractivity contribution is 6.30. The molecule has 1 fully saturated rings. The van der Waals surface area contributed by atoms with Crippen LogP contribution in [0.5, 0.6) is 0 Å². The fourth-order valence-electron chi connectivity index (χ4n) is 2.67. The van der Waals surface area contributed by atoms with Gasteiger partial charge in [-0.25, -0.2) is 0 Å². The molecule has 3 atom stereocenters. The molecule has 0 aliphatic carbocycles. The maximum absolute atomic E-state index is 12.5. The number of likely N-dealkylation sites (tertiary alicyclic amines) is 1. The van der Waals surface area contributed by atoms with Crippen LogP contribution in [0, 0.1) is 0 Å². The van der Waals surface area contributed by atoms with Gasteiger partial charge in [0.1, 0.15) is 5.38 Å². The third-order valence-electron chi connectivity index (χ3n) is 3.56. The molecule has 5 heteroatoms. The second kappa shape index (κ2) is 6.57. The largest absolute Gasteiger partial charge is 0.391 e. The van der Waals surface area contributed by atoms with Crippen molar-refractivity contribution in [2.45, 2.75) is 23.9 Å². The molecule has 0 spiro atoms. The van der Waals surface area contributed by atoms with Gasteiger partial charge in [-0.1, -0.05) is 30.3 Å². The number of likely N-dealkylation sites (N-methyl/N-ethyl adjacent to an activating group) is 1. The minimum atomic E-state index is -0.689. The van der Waals surface area contributed by atoms with E-state index in [9.17, 15) is 9.90 Å². The number of rotatable bonds is 4. The Morgan fingerprint density at radius 2 is 2.10 bits per heavy atom. The van der Waals surface area contributed by atoms with Crippen LogP contribution in [0.25, 0.3) is 0 Å². The summed E-state index contributed by atoms with van der Waals surface area (Å²) in [6.07, 6.45) is 0.158. The predicted molar refractivity (Wildman–Crippen MR) is 79.7 cm³/mol. The molecule has 0 radical (unpaired) electrons. The molecule has 20 heavy (non-hydrogen) atoms. The number of nitrogens with zero attached hydrogens (tertiary/aromatic N) is 2. The lowest BCUT2D eigenvalue weighted by Gasteiger charge is -2.28. The summed E-state index contributed by atoms with van der Waals surface area (Å²) in [6, 6.07) is 9.36. The number of hydrogen-bond donors (Lipinski definition) is 1. The van der Waals surface area contributed by atoms with Crippen LogP contribution in [-0.4, -0.2) is 60.1 Å². The molecule has 1 saturated heterocycles. The fourth-order valence-corrected chi connectivity index (χ4v) is 2.94. The lowest BCUT2D eigenvalue weighted by atomic mass is 10.1. The second-order valence-corrected chi connectivity index (χ2v) is 6.01. The summed E-state index contributed by atoms with van der Waals surface area (Å²) in [7, 11) is 3.92. The van der Waals surface area contributed by atoms with Gasteiger partial charge in [0.25, 0.3) is 0 Å². The molecule has 4 nitrogen and oxygen atoms in total. The zero-order valence-electron chi connectivity index (χ0n) is 11.9. The molecular weight excluding hydrogens is 276 g/mol. The highest BCUT2D eigenvalue weighted by Crippen LogP contribution is 2.28. The van der Waals surface area contributed by atoms with Gasteiger partial charge in [0.05, 0.1) is 6.10 Å². The standard InChI is InChI=1S/C15H21ClN2O2/c1-17(2)9-12-8-13(19)10-18(12)15(20)14(16)11-6-4-3-5-7-11/h3-7,12-14,19H,8-10H2,1-2H3. The Kier molecular flexibility index (Phi) is 5.02. The highest BCUT2D eigenvalue weighted by atomic mass is 35.5. The van der Waals surface area contributed by atoms with Crippen molar-refractivity contribution in [3.05, 3.63) is 35.9 Å². The van der Waals surface area contributed by atoms with E-state index in [1.807, 2.05) is 49.3 Å². The Balaban J connectivity index is 2.10. The van der Waals surface area contributed by atoms with Crippen LogP contribution in [0.2, 0.25) is 0 Å². The van der Waals surface area contributed by atoms with Gasteiger partial charge in [-0.2, -0.15) is 0 Å². The molecule has 1 N–H and O–H groups in total. The van der Waals surface area contributed by atoms with Crippen molar-refractivity contribution in [2.75, 3.05) is 27.2 Å². The number of amides is 1. The van der Waals surface area contributed by atoms with Crippen LogP contribution >= 0.6 is 11.6 Å². The Morgan fingerprint density at radius 1 is 1.45 bits per heavy atom. The Hall–Kier alpha value is -1.10. The topological polar surface area (TPSA) is 43.8 Å². The molecule has 1 aromatic rings.